The monoisotopic (exact) mass is 353 g/mol. The molecule has 0 bridgehead atoms. The van der Waals surface area contributed by atoms with Crippen molar-refractivity contribution in [2.45, 2.75) is 13.8 Å². The Morgan fingerprint density at radius 2 is 1.78 bits per heavy atom. The topological polar surface area (TPSA) is 26.1 Å². The van der Waals surface area contributed by atoms with Gasteiger partial charge in [0.2, 0.25) is 0 Å². The van der Waals surface area contributed by atoms with Crippen LogP contribution < -0.4 is 4.57 Å². The van der Waals surface area contributed by atoms with Gasteiger partial charge in [0.05, 0.1) is 30.7 Å². The first-order valence-electron chi connectivity index (χ1n) is 9.12. The number of aromatic nitrogens is 4. The van der Waals surface area contributed by atoms with E-state index in [1.807, 2.05) is 12.5 Å². The Balaban J connectivity index is 1.90. The second kappa shape index (κ2) is 5.81. The van der Waals surface area contributed by atoms with Gasteiger partial charge in [0.25, 0.3) is 5.82 Å². The molecule has 3 aromatic heterocycles. The van der Waals surface area contributed by atoms with Crippen LogP contribution in [-0.2, 0) is 7.05 Å². The number of hydrogen-bond donors (Lipinski definition) is 0. The van der Waals surface area contributed by atoms with Crippen LogP contribution in [-0.4, -0.2) is 14.0 Å². The molecule has 4 nitrogen and oxygen atoms in total. The van der Waals surface area contributed by atoms with Gasteiger partial charge in [-0.2, -0.15) is 4.57 Å². The lowest BCUT2D eigenvalue weighted by atomic mass is 9.99. The third-order valence-electron chi connectivity index (χ3n) is 5.40. The van der Waals surface area contributed by atoms with Gasteiger partial charge in [0.15, 0.2) is 0 Å². The molecule has 3 heterocycles. The van der Waals surface area contributed by atoms with Crippen molar-refractivity contribution in [2.24, 2.45) is 7.05 Å². The minimum Gasteiger partial charge on any atom is -0.306 e. The second-order valence-corrected chi connectivity index (χ2v) is 7.12. The average Bonchev–Trinajstić information content (AvgIpc) is 3.26. The molecule has 5 aromatic rings. The molecule has 0 N–H and O–H groups in total. The number of fused-ring (bicyclic) bond motifs is 2. The number of nitrogens with zero attached hydrogens (tertiary/aromatic N) is 4. The molecule has 0 unspecified atom stereocenters. The van der Waals surface area contributed by atoms with Crippen LogP contribution in [0.25, 0.3) is 33.4 Å². The number of aryl methyl sites for hydroxylation is 2. The quantitative estimate of drug-likeness (QED) is 0.432. The van der Waals surface area contributed by atoms with Gasteiger partial charge in [-0.15, -0.1) is 0 Å². The van der Waals surface area contributed by atoms with Crippen LogP contribution in [0.15, 0.2) is 73.4 Å². The summed E-state index contributed by atoms with van der Waals surface area (Å²) < 4.78 is 6.63. The van der Waals surface area contributed by atoms with Crippen molar-refractivity contribution >= 4 is 16.3 Å². The zero-order chi connectivity index (χ0) is 18.5. The van der Waals surface area contributed by atoms with Crippen LogP contribution >= 0.6 is 0 Å². The standard InChI is InChI=1S/C23H21N4/c1-16-9-10-18-14-26-15-24-12-20(26)11-21(18)22(16)23-25(3)17(2)13-27(23)19-7-5-4-6-8-19/h4-15H,1-3H3/q+1. The van der Waals surface area contributed by atoms with E-state index in [0.29, 0.717) is 0 Å². The molecule has 0 amide bonds. The highest BCUT2D eigenvalue weighted by atomic mass is 15.2. The number of pyridine rings is 1. The maximum atomic E-state index is 4.29. The number of hydrogen-bond acceptors (Lipinski definition) is 1. The van der Waals surface area contributed by atoms with Crippen molar-refractivity contribution in [3.63, 3.8) is 0 Å². The first-order chi connectivity index (χ1) is 13.1. The molecule has 0 fully saturated rings. The highest BCUT2D eigenvalue weighted by Crippen LogP contribution is 2.33. The third-order valence-corrected chi connectivity index (χ3v) is 5.40. The van der Waals surface area contributed by atoms with Crippen LogP contribution in [0, 0.1) is 13.8 Å². The Hall–Kier alpha value is -3.40. The van der Waals surface area contributed by atoms with Gasteiger partial charge in [-0.1, -0.05) is 30.3 Å². The van der Waals surface area contributed by atoms with Gasteiger partial charge in [0.1, 0.15) is 17.6 Å². The Morgan fingerprint density at radius 3 is 2.59 bits per heavy atom. The minimum atomic E-state index is 1.10. The molecule has 2 aromatic carbocycles. The smallest absolute Gasteiger partial charge is 0.294 e. The molecule has 4 heteroatoms. The van der Waals surface area contributed by atoms with Crippen molar-refractivity contribution in [1.29, 1.82) is 0 Å². The van der Waals surface area contributed by atoms with Crippen molar-refractivity contribution in [3.05, 3.63) is 84.7 Å². The van der Waals surface area contributed by atoms with Gasteiger partial charge >= 0.3 is 0 Å². The highest BCUT2D eigenvalue weighted by molar-refractivity contribution is 5.98. The minimum absolute atomic E-state index is 1.10. The Kier molecular flexibility index (Phi) is 3.41. The van der Waals surface area contributed by atoms with E-state index >= 15 is 0 Å². The molecule has 5 rings (SSSR count). The molecule has 0 atom stereocenters. The fourth-order valence-electron chi connectivity index (χ4n) is 3.88. The summed E-state index contributed by atoms with van der Waals surface area (Å²) in [7, 11) is 2.14. The van der Waals surface area contributed by atoms with Crippen LogP contribution in [0.3, 0.4) is 0 Å². The Morgan fingerprint density at radius 1 is 0.963 bits per heavy atom. The normalized spacial score (nSPS) is 11.5. The Labute approximate surface area is 158 Å². The van der Waals surface area contributed by atoms with E-state index in [1.54, 1.807) is 0 Å². The van der Waals surface area contributed by atoms with Crippen LogP contribution in [0.1, 0.15) is 11.3 Å². The largest absolute Gasteiger partial charge is 0.306 e. The van der Waals surface area contributed by atoms with E-state index in [0.717, 1.165) is 11.2 Å². The predicted molar refractivity (Wildman–Crippen MR) is 108 cm³/mol. The molecule has 0 aliphatic rings. The predicted octanol–water partition coefficient (Wildman–Crippen LogP) is 4.39. The molecule has 0 saturated heterocycles. The summed E-state index contributed by atoms with van der Waals surface area (Å²) in [6, 6.07) is 17.2. The molecule has 0 aliphatic heterocycles. The van der Waals surface area contributed by atoms with Crippen LogP contribution in [0.2, 0.25) is 0 Å². The Bertz CT molecular complexity index is 1290. The van der Waals surface area contributed by atoms with Crippen molar-refractivity contribution < 1.29 is 4.57 Å². The number of imidazole rings is 2. The summed E-state index contributed by atoms with van der Waals surface area (Å²) in [6.45, 7) is 4.34. The average molecular weight is 353 g/mol. The summed E-state index contributed by atoms with van der Waals surface area (Å²) in [6.07, 6.45) is 8.13. The summed E-state index contributed by atoms with van der Waals surface area (Å²) in [5.41, 5.74) is 6.01. The fourth-order valence-corrected chi connectivity index (χ4v) is 3.88. The summed E-state index contributed by atoms with van der Waals surface area (Å²) in [4.78, 5) is 4.29. The van der Waals surface area contributed by atoms with E-state index in [2.05, 4.69) is 100 Å². The van der Waals surface area contributed by atoms with Gasteiger partial charge in [-0.25, -0.2) is 9.55 Å². The van der Waals surface area contributed by atoms with Gasteiger partial charge < -0.3 is 4.40 Å². The van der Waals surface area contributed by atoms with Crippen LogP contribution in [0.4, 0.5) is 0 Å². The molecule has 27 heavy (non-hydrogen) atoms. The molecule has 0 radical (unpaired) electrons. The van der Waals surface area contributed by atoms with Crippen molar-refractivity contribution in [3.8, 4) is 17.1 Å². The highest BCUT2D eigenvalue weighted by Gasteiger charge is 2.25. The van der Waals surface area contributed by atoms with Crippen molar-refractivity contribution in [2.75, 3.05) is 0 Å². The number of rotatable bonds is 2. The van der Waals surface area contributed by atoms with E-state index in [1.165, 1.54) is 33.4 Å². The lowest BCUT2D eigenvalue weighted by molar-refractivity contribution is -0.665. The second-order valence-electron chi connectivity index (χ2n) is 7.12. The molecule has 0 spiro atoms. The third kappa shape index (κ3) is 2.37. The number of benzene rings is 2. The molecule has 0 aliphatic carbocycles. The fraction of sp³-hybridized carbons (Fsp3) is 0.130. The SMILES string of the molecule is Cc1ccc2cn3cncc3cc2c1-c1n(-c2ccccc2)cc(C)[n+]1C. The lowest BCUT2D eigenvalue weighted by Gasteiger charge is -2.11. The van der Waals surface area contributed by atoms with E-state index in [4.69, 9.17) is 0 Å². The van der Waals surface area contributed by atoms with E-state index in [-0.39, 0.29) is 0 Å². The zero-order valence-electron chi connectivity index (χ0n) is 15.7. The maximum absolute atomic E-state index is 4.29. The number of para-hydroxylation sites is 1. The zero-order valence-corrected chi connectivity index (χ0v) is 15.7. The van der Waals surface area contributed by atoms with Gasteiger partial charge in [-0.3, -0.25) is 0 Å². The van der Waals surface area contributed by atoms with Crippen LogP contribution in [0.5, 0.6) is 0 Å². The summed E-state index contributed by atoms with van der Waals surface area (Å²) in [5, 5.41) is 2.45. The molecule has 0 saturated carbocycles. The first-order valence-corrected chi connectivity index (χ1v) is 9.12. The van der Waals surface area contributed by atoms with Gasteiger partial charge in [0, 0.05) is 18.5 Å². The van der Waals surface area contributed by atoms with E-state index < -0.39 is 0 Å². The summed E-state index contributed by atoms with van der Waals surface area (Å²) >= 11 is 0. The van der Waals surface area contributed by atoms with E-state index in [9.17, 15) is 0 Å². The molecule has 132 valence electrons. The van der Waals surface area contributed by atoms with Gasteiger partial charge in [-0.05, 0) is 36.1 Å². The molecular weight excluding hydrogens is 332 g/mol. The first kappa shape index (κ1) is 15.8. The van der Waals surface area contributed by atoms with Crippen molar-refractivity contribution in [1.82, 2.24) is 14.0 Å². The molecular formula is C23H21N4+. The summed E-state index contributed by atoms with van der Waals surface area (Å²) in [5.74, 6) is 1.19. The maximum Gasteiger partial charge on any atom is 0.294 e. The lowest BCUT2D eigenvalue weighted by Crippen LogP contribution is -2.32.